The van der Waals surface area contributed by atoms with Crippen LogP contribution in [0.4, 0.5) is 5.69 Å². The van der Waals surface area contributed by atoms with Gasteiger partial charge in [-0.25, -0.2) is 0 Å². The largest absolute Gasteiger partial charge is 0.347 e. The maximum atomic E-state index is 10.5. The van der Waals surface area contributed by atoms with Crippen LogP contribution < -0.4 is 4.90 Å². The molecule has 4 heteroatoms. The van der Waals surface area contributed by atoms with Crippen LogP contribution >= 0.6 is 11.6 Å². The van der Waals surface area contributed by atoms with Crippen molar-refractivity contribution in [1.82, 2.24) is 5.06 Å². The van der Waals surface area contributed by atoms with Gasteiger partial charge in [0.05, 0.1) is 12.6 Å². The summed E-state index contributed by atoms with van der Waals surface area (Å²) in [5.41, 5.74) is 3.83. The Morgan fingerprint density at radius 2 is 1.90 bits per heavy atom. The average Bonchev–Trinajstić information content (AvgIpc) is 2.56. The van der Waals surface area contributed by atoms with Crippen molar-refractivity contribution in [3.63, 3.8) is 0 Å². The molecule has 1 atom stereocenters. The number of rotatable bonds is 1. The first-order chi connectivity index (χ1) is 10.1. The molecule has 2 aromatic rings. The first-order valence-corrected chi connectivity index (χ1v) is 7.17. The van der Waals surface area contributed by atoms with Crippen molar-refractivity contribution in [3.05, 3.63) is 77.0 Å². The number of likely N-dealkylation sites (N-methyl/N-ethyl adjacent to an activating group) is 1. The summed E-state index contributed by atoms with van der Waals surface area (Å²) in [6, 6.07) is 15.4. The van der Waals surface area contributed by atoms with Gasteiger partial charge in [0.1, 0.15) is 0 Å². The Labute approximate surface area is 129 Å². The van der Waals surface area contributed by atoms with Gasteiger partial charge in [0.15, 0.2) is 0 Å². The van der Waals surface area contributed by atoms with Gasteiger partial charge < -0.3 is 10.1 Å². The minimum atomic E-state index is -0.262. The van der Waals surface area contributed by atoms with Crippen molar-refractivity contribution in [1.29, 1.82) is 0 Å². The number of benzene rings is 2. The van der Waals surface area contributed by atoms with Crippen LogP contribution in [0.2, 0.25) is 5.02 Å². The van der Waals surface area contributed by atoms with Gasteiger partial charge in [-0.2, -0.15) is 5.06 Å². The zero-order valence-corrected chi connectivity index (χ0v) is 12.6. The topological polar surface area (TPSA) is 26.7 Å². The number of halogens is 1. The highest BCUT2D eigenvalue weighted by Gasteiger charge is 2.29. The lowest BCUT2D eigenvalue weighted by atomic mass is 9.97. The molecular formula is C17H17ClN2O. The molecule has 3 rings (SSSR count). The van der Waals surface area contributed by atoms with Crippen molar-refractivity contribution in [2.45, 2.75) is 6.04 Å². The Balaban J connectivity index is 2.21. The highest BCUT2D eigenvalue weighted by atomic mass is 35.5. The number of hydroxylamine groups is 2. The van der Waals surface area contributed by atoms with Gasteiger partial charge in [0, 0.05) is 29.0 Å². The summed E-state index contributed by atoms with van der Waals surface area (Å²) in [6.45, 7) is 4.42. The first-order valence-electron chi connectivity index (χ1n) is 6.79. The van der Waals surface area contributed by atoms with Crippen LogP contribution in [-0.2, 0) is 0 Å². The van der Waals surface area contributed by atoms with E-state index in [-0.39, 0.29) is 6.04 Å². The van der Waals surface area contributed by atoms with Crippen molar-refractivity contribution in [2.24, 2.45) is 0 Å². The Hall–Kier alpha value is -1.81. The molecule has 21 heavy (non-hydrogen) atoms. The van der Waals surface area contributed by atoms with Gasteiger partial charge in [0.2, 0.25) is 0 Å². The average molecular weight is 301 g/mol. The molecule has 0 saturated heterocycles. The van der Waals surface area contributed by atoms with E-state index in [0.29, 0.717) is 11.6 Å². The van der Waals surface area contributed by atoms with Crippen LogP contribution in [0.5, 0.6) is 0 Å². The first kappa shape index (κ1) is 14.1. The second-order valence-corrected chi connectivity index (χ2v) is 5.68. The minimum Gasteiger partial charge on any atom is -0.347 e. The second kappa shape index (κ2) is 5.53. The van der Waals surface area contributed by atoms with E-state index in [1.54, 1.807) is 0 Å². The van der Waals surface area contributed by atoms with Gasteiger partial charge in [-0.1, -0.05) is 48.5 Å². The van der Waals surface area contributed by atoms with Crippen LogP contribution in [0.3, 0.4) is 0 Å². The highest BCUT2D eigenvalue weighted by molar-refractivity contribution is 6.30. The summed E-state index contributed by atoms with van der Waals surface area (Å²) in [6.07, 6.45) is 0. The SMILES string of the molecule is C=C1CN(O)C(c2ccccc2)c2cc(Cl)ccc2N1C. The minimum absolute atomic E-state index is 0.262. The Morgan fingerprint density at radius 1 is 1.19 bits per heavy atom. The smallest absolute Gasteiger partial charge is 0.0874 e. The molecule has 0 fully saturated rings. The number of anilines is 1. The van der Waals surface area contributed by atoms with Crippen molar-refractivity contribution in [2.75, 3.05) is 18.5 Å². The lowest BCUT2D eigenvalue weighted by molar-refractivity contribution is -0.108. The molecule has 2 aromatic carbocycles. The molecule has 1 aliphatic heterocycles. The van der Waals surface area contributed by atoms with Crippen molar-refractivity contribution in [3.8, 4) is 0 Å². The summed E-state index contributed by atoms with van der Waals surface area (Å²) >= 11 is 6.17. The van der Waals surface area contributed by atoms with Crippen LogP contribution in [-0.4, -0.2) is 23.9 Å². The van der Waals surface area contributed by atoms with Crippen LogP contribution in [0.25, 0.3) is 0 Å². The molecule has 1 aliphatic rings. The molecule has 108 valence electrons. The second-order valence-electron chi connectivity index (χ2n) is 5.24. The summed E-state index contributed by atoms with van der Waals surface area (Å²) < 4.78 is 0. The third-order valence-electron chi connectivity index (χ3n) is 3.88. The molecule has 0 aliphatic carbocycles. The fraction of sp³-hybridized carbons (Fsp3) is 0.176. The zero-order valence-electron chi connectivity index (χ0n) is 11.8. The predicted octanol–water partition coefficient (Wildman–Crippen LogP) is 4.08. The van der Waals surface area contributed by atoms with E-state index < -0.39 is 0 Å². The summed E-state index contributed by atoms with van der Waals surface area (Å²) in [4.78, 5) is 2.00. The van der Waals surface area contributed by atoms with E-state index in [2.05, 4.69) is 6.58 Å². The van der Waals surface area contributed by atoms with Crippen molar-refractivity contribution >= 4 is 17.3 Å². The number of nitrogens with zero attached hydrogens (tertiary/aromatic N) is 2. The van der Waals surface area contributed by atoms with E-state index in [1.165, 1.54) is 5.06 Å². The molecule has 0 amide bonds. The molecule has 1 heterocycles. The summed E-state index contributed by atoms with van der Waals surface area (Å²) in [5, 5.41) is 12.5. The van der Waals surface area contributed by atoms with E-state index in [4.69, 9.17) is 11.6 Å². The molecule has 3 nitrogen and oxygen atoms in total. The molecule has 0 aromatic heterocycles. The third kappa shape index (κ3) is 2.56. The summed E-state index contributed by atoms with van der Waals surface area (Å²) in [7, 11) is 1.95. The number of hydrogen-bond donors (Lipinski definition) is 1. The van der Waals surface area contributed by atoms with Gasteiger partial charge in [-0.05, 0) is 23.8 Å². The fourth-order valence-corrected chi connectivity index (χ4v) is 2.93. The lowest BCUT2D eigenvalue weighted by Crippen LogP contribution is -2.28. The van der Waals surface area contributed by atoms with E-state index in [0.717, 1.165) is 22.5 Å². The van der Waals surface area contributed by atoms with Crippen LogP contribution in [0.15, 0.2) is 60.8 Å². The molecule has 0 bridgehead atoms. The molecule has 0 saturated carbocycles. The molecule has 1 N–H and O–H groups in total. The van der Waals surface area contributed by atoms with E-state index >= 15 is 0 Å². The Kier molecular flexibility index (Phi) is 3.72. The van der Waals surface area contributed by atoms with Crippen LogP contribution in [0, 0.1) is 0 Å². The standard InChI is InChI=1S/C17H17ClN2O/c1-12-11-20(21)17(13-6-4-3-5-7-13)15-10-14(18)8-9-16(15)19(12)2/h3-10,17,21H,1,11H2,2H3. The number of fused-ring (bicyclic) bond motifs is 1. The summed E-state index contributed by atoms with van der Waals surface area (Å²) in [5.74, 6) is 0. The van der Waals surface area contributed by atoms with E-state index in [1.807, 2.05) is 60.5 Å². The quantitative estimate of drug-likeness (QED) is 0.859. The van der Waals surface area contributed by atoms with Gasteiger partial charge >= 0.3 is 0 Å². The zero-order chi connectivity index (χ0) is 15.0. The monoisotopic (exact) mass is 300 g/mol. The molecule has 0 radical (unpaired) electrons. The molecule has 1 unspecified atom stereocenters. The maximum Gasteiger partial charge on any atom is 0.0874 e. The Bertz CT molecular complexity index is 672. The normalized spacial score (nSPS) is 19.3. The molecular weight excluding hydrogens is 284 g/mol. The number of hydrogen-bond acceptors (Lipinski definition) is 3. The highest BCUT2D eigenvalue weighted by Crippen LogP contribution is 2.39. The Morgan fingerprint density at radius 3 is 2.62 bits per heavy atom. The van der Waals surface area contributed by atoms with Gasteiger partial charge in [-0.3, -0.25) is 0 Å². The van der Waals surface area contributed by atoms with E-state index in [9.17, 15) is 5.21 Å². The van der Waals surface area contributed by atoms with Gasteiger partial charge in [-0.15, -0.1) is 0 Å². The maximum absolute atomic E-state index is 10.5. The third-order valence-corrected chi connectivity index (χ3v) is 4.11. The lowest BCUT2D eigenvalue weighted by Gasteiger charge is -2.25. The fourth-order valence-electron chi connectivity index (χ4n) is 2.75. The molecule has 0 spiro atoms. The van der Waals surface area contributed by atoms with Gasteiger partial charge in [0.25, 0.3) is 0 Å². The van der Waals surface area contributed by atoms with Crippen molar-refractivity contribution < 1.29 is 5.21 Å². The van der Waals surface area contributed by atoms with Crippen LogP contribution in [0.1, 0.15) is 17.2 Å². The predicted molar refractivity (Wildman–Crippen MR) is 85.8 cm³/mol.